The Hall–Kier alpha value is -2.38. The summed E-state index contributed by atoms with van der Waals surface area (Å²) in [5.41, 5.74) is 2.77. The zero-order valence-electron chi connectivity index (χ0n) is 14.5. The molecule has 0 aliphatic rings. The van der Waals surface area contributed by atoms with Crippen molar-refractivity contribution < 1.29 is 26.2 Å². The Kier molecular flexibility index (Phi) is 7.18. The van der Waals surface area contributed by atoms with Crippen LogP contribution in [0.5, 0.6) is 0 Å². The molecule has 2 aromatic heterocycles. The standard InChI is InChI=1S/C18H21N2O.BF4/c1-2-3-4-7-12-20-13-10-15(11-14-20)18-19-16-8-5-6-9-17(16)21-18;2-1(3,4)5/h5-6,8-11,13-14H,2-4,7,12H2,1H3;/q+1;-1. The van der Waals surface area contributed by atoms with Gasteiger partial charge >= 0.3 is 7.25 Å². The number of benzene rings is 1. The number of hydrogen-bond donors (Lipinski definition) is 0. The monoisotopic (exact) mass is 368 g/mol. The van der Waals surface area contributed by atoms with E-state index in [9.17, 15) is 17.3 Å². The molecule has 0 saturated heterocycles. The number of para-hydroxylation sites is 2. The Balaban J connectivity index is 0.000000431. The van der Waals surface area contributed by atoms with Gasteiger partial charge in [0.2, 0.25) is 5.89 Å². The maximum atomic E-state index is 9.75. The van der Waals surface area contributed by atoms with Gasteiger partial charge < -0.3 is 21.7 Å². The van der Waals surface area contributed by atoms with Gasteiger partial charge in [0.1, 0.15) is 12.1 Å². The van der Waals surface area contributed by atoms with E-state index in [0.29, 0.717) is 5.89 Å². The third-order valence-electron chi connectivity index (χ3n) is 3.70. The van der Waals surface area contributed by atoms with Crippen LogP contribution < -0.4 is 4.57 Å². The molecule has 0 bridgehead atoms. The Morgan fingerprint density at radius 2 is 1.62 bits per heavy atom. The average Bonchev–Trinajstić information content (AvgIpc) is 3.02. The minimum Gasteiger partial charge on any atom is -0.436 e. The third-order valence-corrected chi connectivity index (χ3v) is 3.70. The third kappa shape index (κ3) is 6.86. The van der Waals surface area contributed by atoms with Gasteiger partial charge in [-0.3, -0.25) is 0 Å². The van der Waals surface area contributed by atoms with E-state index in [-0.39, 0.29) is 0 Å². The van der Waals surface area contributed by atoms with Crippen molar-refractivity contribution in [2.75, 3.05) is 0 Å². The summed E-state index contributed by atoms with van der Waals surface area (Å²) in [4.78, 5) is 4.52. The van der Waals surface area contributed by atoms with Crippen LogP contribution in [0.15, 0.2) is 53.2 Å². The topological polar surface area (TPSA) is 29.9 Å². The van der Waals surface area contributed by atoms with Gasteiger partial charge in [-0.2, -0.15) is 0 Å². The van der Waals surface area contributed by atoms with E-state index in [4.69, 9.17) is 4.42 Å². The number of rotatable bonds is 6. The summed E-state index contributed by atoms with van der Waals surface area (Å²) >= 11 is 0. The summed E-state index contributed by atoms with van der Waals surface area (Å²) in [5.74, 6) is 0.689. The highest BCUT2D eigenvalue weighted by molar-refractivity contribution is 6.50. The van der Waals surface area contributed by atoms with E-state index in [2.05, 4.69) is 41.0 Å². The van der Waals surface area contributed by atoms with Crippen LogP contribution in [-0.4, -0.2) is 12.2 Å². The lowest BCUT2D eigenvalue weighted by Crippen LogP contribution is -2.32. The van der Waals surface area contributed by atoms with Crippen LogP contribution in [0.4, 0.5) is 17.3 Å². The Labute approximate surface area is 149 Å². The molecule has 3 aromatic rings. The fourth-order valence-electron chi connectivity index (χ4n) is 2.47. The van der Waals surface area contributed by atoms with Gasteiger partial charge in [-0.15, -0.1) is 0 Å². The molecular formula is C18H21BF4N2O. The number of oxazole rings is 1. The van der Waals surface area contributed by atoms with Crippen molar-refractivity contribution >= 4 is 18.4 Å². The van der Waals surface area contributed by atoms with E-state index in [1.54, 1.807) is 0 Å². The largest absolute Gasteiger partial charge is 0.673 e. The second-order valence-electron chi connectivity index (χ2n) is 5.87. The Bertz CT molecular complexity index is 764. The first-order valence-electron chi connectivity index (χ1n) is 8.59. The quantitative estimate of drug-likeness (QED) is 0.243. The van der Waals surface area contributed by atoms with Crippen LogP contribution in [0.25, 0.3) is 22.6 Å². The minimum atomic E-state index is -6.00. The maximum absolute atomic E-state index is 9.75. The number of aryl methyl sites for hydroxylation is 1. The number of nitrogens with zero attached hydrogens (tertiary/aromatic N) is 2. The smallest absolute Gasteiger partial charge is 0.436 e. The number of halogens is 4. The Morgan fingerprint density at radius 1 is 0.962 bits per heavy atom. The van der Waals surface area contributed by atoms with Crippen molar-refractivity contribution in [2.45, 2.75) is 39.2 Å². The lowest BCUT2D eigenvalue weighted by atomic mass is 10.2. The molecule has 1 aromatic carbocycles. The van der Waals surface area contributed by atoms with E-state index >= 15 is 0 Å². The predicted octanol–water partition coefficient (Wildman–Crippen LogP) is 5.66. The van der Waals surface area contributed by atoms with Crippen LogP contribution in [0.3, 0.4) is 0 Å². The summed E-state index contributed by atoms with van der Waals surface area (Å²) in [6.45, 7) is 3.32. The van der Waals surface area contributed by atoms with Gasteiger partial charge in [-0.25, -0.2) is 9.55 Å². The molecule has 2 heterocycles. The fourth-order valence-corrected chi connectivity index (χ4v) is 2.47. The van der Waals surface area contributed by atoms with Crippen molar-refractivity contribution in [2.24, 2.45) is 0 Å². The van der Waals surface area contributed by atoms with Crippen molar-refractivity contribution in [3.05, 3.63) is 48.8 Å². The van der Waals surface area contributed by atoms with E-state index in [1.165, 1.54) is 25.7 Å². The van der Waals surface area contributed by atoms with Crippen LogP contribution in [0.1, 0.15) is 32.6 Å². The van der Waals surface area contributed by atoms with Gasteiger partial charge in [-0.1, -0.05) is 31.9 Å². The number of fused-ring (bicyclic) bond motifs is 1. The second kappa shape index (κ2) is 9.36. The summed E-state index contributed by atoms with van der Waals surface area (Å²) < 4.78 is 47.0. The number of hydrogen-bond acceptors (Lipinski definition) is 2. The summed E-state index contributed by atoms with van der Waals surface area (Å²) in [6, 6.07) is 12.0. The SMILES string of the molecule is CCCCCC[n+]1ccc(-c2nc3ccccc3o2)cc1.F[B-](F)(F)F. The number of aromatic nitrogens is 2. The van der Waals surface area contributed by atoms with Crippen molar-refractivity contribution in [1.29, 1.82) is 0 Å². The normalized spacial score (nSPS) is 11.3. The molecule has 0 fully saturated rings. The molecule has 0 radical (unpaired) electrons. The zero-order valence-corrected chi connectivity index (χ0v) is 14.5. The van der Waals surface area contributed by atoms with E-state index < -0.39 is 7.25 Å². The zero-order chi connectivity index (χ0) is 19.0. The van der Waals surface area contributed by atoms with Gasteiger partial charge in [-0.05, 0) is 18.6 Å². The Morgan fingerprint density at radius 3 is 2.23 bits per heavy atom. The average molecular weight is 368 g/mol. The maximum Gasteiger partial charge on any atom is 0.673 e. The predicted molar refractivity (Wildman–Crippen MR) is 94.0 cm³/mol. The minimum absolute atomic E-state index is 0.689. The van der Waals surface area contributed by atoms with Crippen LogP contribution in [0.2, 0.25) is 0 Å². The van der Waals surface area contributed by atoms with Gasteiger partial charge in [0.05, 0.1) is 0 Å². The van der Waals surface area contributed by atoms with Crippen LogP contribution in [0, 0.1) is 0 Å². The molecule has 26 heavy (non-hydrogen) atoms. The fraction of sp³-hybridized carbons (Fsp3) is 0.333. The number of pyridine rings is 1. The molecule has 0 atom stereocenters. The molecule has 0 N–H and O–H groups in total. The molecule has 0 amide bonds. The first-order valence-corrected chi connectivity index (χ1v) is 8.59. The molecular weight excluding hydrogens is 347 g/mol. The molecule has 8 heteroatoms. The molecule has 0 aliphatic carbocycles. The summed E-state index contributed by atoms with van der Waals surface area (Å²) in [5, 5.41) is 0. The molecule has 3 rings (SSSR count). The summed E-state index contributed by atoms with van der Waals surface area (Å²) in [6.07, 6.45) is 9.35. The molecule has 0 spiro atoms. The van der Waals surface area contributed by atoms with Crippen LogP contribution in [-0.2, 0) is 6.54 Å². The highest BCUT2D eigenvalue weighted by atomic mass is 19.5. The molecule has 140 valence electrons. The molecule has 0 unspecified atom stereocenters. The first kappa shape index (κ1) is 19.9. The van der Waals surface area contributed by atoms with Crippen molar-refractivity contribution in [3.63, 3.8) is 0 Å². The molecule has 3 nitrogen and oxygen atoms in total. The highest BCUT2D eigenvalue weighted by Crippen LogP contribution is 2.22. The van der Waals surface area contributed by atoms with E-state index in [1.807, 2.05) is 24.3 Å². The van der Waals surface area contributed by atoms with E-state index in [0.717, 1.165) is 23.2 Å². The van der Waals surface area contributed by atoms with Crippen molar-refractivity contribution in [1.82, 2.24) is 4.98 Å². The highest BCUT2D eigenvalue weighted by Gasteiger charge is 2.20. The van der Waals surface area contributed by atoms with Crippen molar-refractivity contribution in [3.8, 4) is 11.5 Å². The summed E-state index contributed by atoms with van der Waals surface area (Å²) in [7, 11) is -6.00. The van der Waals surface area contributed by atoms with Gasteiger partial charge in [0.15, 0.2) is 18.0 Å². The molecule has 0 saturated carbocycles. The van der Waals surface area contributed by atoms with Gasteiger partial charge in [0.25, 0.3) is 0 Å². The lowest BCUT2D eigenvalue weighted by molar-refractivity contribution is -0.697. The lowest BCUT2D eigenvalue weighted by Gasteiger charge is -1.98. The number of unbranched alkanes of at least 4 members (excludes halogenated alkanes) is 3. The molecule has 0 aliphatic heterocycles. The first-order chi connectivity index (χ1) is 12.4. The van der Waals surface area contributed by atoms with Crippen LogP contribution >= 0.6 is 0 Å². The van der Waals surface area contributed by atoms with Gasteiger partial charge in [0, 0.05) is 24.1 Å². The second-order valence-corrected chi connectivity index (χ2v) is 5.87.